The largest absolute Gasteiger partial charge is 0.481 e. The Bertz CT molecular complexity index is 1300. The maximum atomic E-state index is 12.3. The van der Waals surface area contributed by atoms with Gasteiger partial charge in [-0.05, 0) is 30.7 Å². The minimum atomic E-state index is -1.37. The number of nitrogens with one attached hydrogen (secondary N) is 3. The second kappa shape index (κ2) is 11.4. The van der Waals surface area contributed by atoms with Crippen molar-refractivity contribution < 1.29 is 29.4 Å². The number of aromatic nitrogens is 4. The molecule has 0 unspecified atom stereocenters. The lowest BCUT2D eigenvalue weighted by Gasteiger charge is -2.14. The molecule has 15 nitrogen and oxygen atoms in total. The van der Waals surface area contributed by atoms with E-state index in [1.807, 2.05) is 0 Å². The summed E-state index contributed by atoms with van der Waals surface area (Å²) >= 11 is 0. The van der Waals surface area contributed by atoms with Crippen LogP contribution in [0.3, 0.4) is 0 Å². The molecule has 0 aliphatic carbocycles. The molecule has 2 amide bonds. The Balaban J connectivity index is 1.51. The molecule has 1 atom stereocenters. The SMILES string of the molecule is Nc1nc(N)c2nc(CNc3ccc(C(=O)NCC(=O)N[C@@H](CCC(=O)O)C(=O)O)cc3)cnc2n1. The van der Waals surface area contributed by atoms with Crippen LogP contribution in [-0.2, 0) is 20.9 Å². The molecule has 0 aliphatic rings. The number of carboxylic acids is 2. The predicted molar refractivity (Wildman–Crippen MR) is 126 cm³/mol. The van der Waals surface area contributed by atoms with Crippen molar-refractivity contribution in [1.82, 2.24) is 30.6 Å². The summed E-state index contributed by atoms with van der Waals surface area (Å²) in [6.45, 7) is -0.181. The fourth-order valence-electron chi connectivity index (χ4n) is 3.03. The molecule has 0 saturated heterocycles. The highest BCUT2D eigenvalue weighted by atomic mass is 16.4. The average Bonchev–Trinajstić information content (AvgIpc) is 2.84. The van der Waals surface area contributed by atoms with Gasteiger partial charge in [0.05, 0.1) is 25.0 Å². The van der Waals surface area contributed by atoms with Crippen LogP contribution in [0.1, 0.15) is 28.9 Å². The van der Waals surface area contributed by atoms with Gasteiger partial charge in [0.25, 0.3) is 5.91 Å². The second-order valence-corrected chi connectivity index (χ2v) is 7.50. The maximum absolute atomic E-state index is 12.3. The van der Waals surface area contributed by atoms with Crippen molar-refractivity contribution in [3.05, 3.63) is 41.7 Å². The van der Waals surface area contributed by atoms with Crippen molar-refractivity contribution in [2.45, 2.75) is 25.4 Å². The van der Waals surface area contributed by atoms with Crippen LogP contribution in [0, 0.1) is 0 Å². The summed E-state index contributed by atoms with van der Waals surface area (Å²) in [6, 6.07) is 4.99. The Morgan fingerprint density at radius 3 is 2.39 bits per heavy atom. The first-order chi connectivity index (χ1) is 17.1. The van der Waals surface area contributed by atoms with Gasteiger partial charge < -0.3 is 37.6 Å². The molecule has 3 rings (SSSR count). The normalized spacial score (nSPS) is 11.4. The van der Waals surface area contributed by atoms with Gasteiger partial charge in [-0.3, -0.25) is 14.4 Å². The molecule has 0 saturated carbocycles. The van der Waals surface area contributed by atoms with Crippen molar-refractivity contribution in [1.29, 1.82) is 0 Å². The van der Waals surface area contributed by atoms with E-state index in [1.54, 1.807) is 12.1 Å². The zero-order valence-corrected chi connectivity index (χ0v) is 18.8. The van der Waals surface area contributed by atoms with Crippen molar-refractivity contribution in [2.75, 3.05) is 23.3 Å². The first-order valence-corrected chi connectivity index (χ1v) is 10.5. The number of rotatable bonds is 11. The third-order valence-corrected chi connectivity index (χ3v) is 4.81. The Morgan fingerprint density at radius 1 is 1.00 bits per heavy atom. The molecule has 0 bridgehead atoms. The van der Waals surface area contributed by atoms with Gasteiger partial charge in [0.1, 0.15) is 6.04 Å². The topological polar surface area (TPSA) is 248 Å². The standard InChI is InChI=1S/C21H23N9O6/c22-17-16-18(30-21(23)29-17)25-8-12(27-16)7-24-11-3-1-10(2-4-11)19(34)26-9-14(31)28-13(20(35)36)5-6-15(32)33/h1-4,8,13,24H,5-7,9H2,(H,26,34)(H,28,31)(H,32,33)(H,35,36)(H4,22,23,25,29,30)/t13-/m0/s1. The lowest BCUT2D eigenvalue weighted by Crippen LogP contribution is -2.45. The summed E-state index contributed by atoms with van der Waals surface area (Å²) in [5, 5.41) is 25.4. The van der Waals surface area contributed by atoms with Gasteiger partial charge in [-0.25, -0.2) is 14.8 Å². The van der Waals surface area contributed by atoms with Gasteiger partial charge in [-0.15, -0.1) is 0 Å². The molecule has 0 radical (unpaired) electrons. The molecule has 1 aromatic carbocycles. The number of hydrogen-bond acceptors (Lipinski definition) is 11. The zero-order chi connectivity index (χ0) is 26.2. The average molecular weight is 497 g/mol. The van der Waals surface area contributed by atoms with E-state index >= 15 is 0 Å². The maximum Gasteiger partial charge on any atom is 0.326 e. The van der Waals surface area contributed by atoms with E-state index in [2.05, 4.69) is 35.9 Å². The van der Waals surface area contributed by atoms with E-state index in [-0.39, 0.29) is 29.4 Å². The number of fused-ring (bicyclic) bond motifs is 1. The Hall–Kier alpha value is -5.08. The van der Waals surface area contributed by atoms with Crippen LogP contribution in [0.25, 0.3) is 11.2 Å². The van der Waals surface area contributed by atoms with Crippen LogP contribution in [0.4, 0.5) is 17.5 Å². The summed E-state index contributed by atoms with van der Waals surface area (Å²) < 4.78 is 0. The Morgan fingerprint density at radius 2 is 1.72 bits per heavy atom. The van der Waals surface area contributed by atoms with Crippen LogP contribution >= 0.6 is 0 Å². The molecule has 0 fully saturated rings. The molecule has 188 valence electrons. The first-order valence-electron chi connectivity index (χ1n) is 10.5. The molecule has 3 aromatic rings. The number of nitrogens with zero attached hydrogens (tertiary/aromatic N) is 4. The quantitative estimate of drug-likeness (QED) is 0.174. The first kappa shape index (κ1) is 25.5. The number of nitrogen functional groups attached to an aromatic ring is 2. The fourth-order valence-corrected chi connectivity index (χ4v) is 3.03. The molecular weight excluding hydrogens is 474 g/mol. The number of anilines is 3. The third-order valence-electron chi connectivity index (χ3n) is 4.81. The summed E-state index contributed by atoms with van der Waals surface area (Å²) in [4.78, 5) is 62.4. The number of carbonyl (C=O) groups excluding carboxylic acids is 2. The van der Waals surface area contributed by atoms with Gasteiger partial charge in [0.15, 0.2) is 17.0 Å². The fraction of sp³-hybridized carbons (Fsp3) is 0.238. The Kier molecular flexibility index (Phi) is 8.06. The van der Waals surface area contributed by atoms with E-state index in [0.717, 1.165) is 0 Å². The smallest absolute Gasteiger partial charge is 0.326 e. The molecule has 2 heterocycles. The third kappa shape index (κ3) is 6.96. The molecule has 0 aliphatic heterocycles. The van der Waals surface area contributed by atoms with Crippen molar-refractivity contribution in [2.24, 2.45) is 0 Å². The molecule has 36 heavy (non-hydrogen) atoms. The number of nitrogens with two attached hydrogens (primary N) is 2. The lowest BCUT2D eigenvalue weighted by atomic mass is 10.1. The van der Waals surface area contributed by atoms with Crippen LogP contribution in [-0.4, -0.2) is 66.5 Å². The summed E-state index contributed by atoms with van der Waals surface area (Å²) in [6.07, 6.45) is 0.819. The Labute approximate surface area is 203 Å². The van der Waals surface area contributed by atoms with E-state index in [9.17, 15) is 19.2 Å². The van der Waals surface area contributed by atoms with Gasteiger partial charge in [-0.1, -0.05) is 0 Å². The minimum absolute atomic E-state index is 0.00475. The summed E-state index contributed by atoms with van der Waals surface area (Å²) in [5.74, 6) is -3.74. The van der Waals surface area contributed by atoms with Crippen LogP contribution < -0.4 is 27.4 Å². The van der Waals surface area contributed by atoms with Crippen LogP contribution in [0.2, 0.25) is 0 Å². The van der Waals surface area contributed by atoms with Crippen molar-refractivity contribution in [3.63, 3.8) is 0 Å². The molecule has 0 spiro atoms. The predicted octanol–water partition coefficient (Wildman–Crippen LogP) is -0.640. The zero-order valence-electron chi connectivity index (χ0n) is 18.8. The van der Waals surface area contributed by atoms with Gasteiger partial charge in [-0.2, -0.15) is 9.97 Å². The highest BCUT2D eigenvalue weighted by Crippen LogP contribution is 2.16. The van der Waals surface area contributed by atoms with Crippen LogP contribution in [0.15, 0.2) is 30.5 Å². The molecule has 15 heteroatoms. The highest BCUT2D eigenvalue weighted by Gasteiger charge is 2.21. The van der Waals surface area contributed by atoms with E-state index in [4.69, 9.17) is 21.7 Å². The highest BCUT2D eigenvalue weighted by molar-refractivity contribution is 5.97. The molecule has 2 aromatic heterocycles. The van der Waals surface area contributed by atoms with Gasteiger partial charge in [0, 0.05) is 17.7 Å². The van der Waals surface area contributed by atoms with Gasteiger partial charge in [0.2, 0.25) is 11.9 Å². The number of carbonyl (C=O) groups is 4. The van der Waals surface area contributed by atoms with E-state index < -0.39 is 42.8 Å². The molecule has 9 N–H and O–H groups in total. The monoisotopic (exact) mass is 497 g/mol. The van der Waals surface area contributed by atoms with E-state index in [0.29, 0.717) is 23.4 Å². The number of amides is 2. The number of hydrogen-bond donors (Lipinski definition) is 7. The molecular formula is C21H23N9O6. The number of aliphatic carboxylic acids is 2. The number of benzene rings is 1. The van der Waals surface area contributed by atoms with Crippen molar-refractivity contribution in [3.8, 4) is 0 Å². The lowest BCUT2D eigenvalue weighted by molar-refractivity contribution is -0.142. The van der Waals surface area contributed by atoms with Crippen molar-refractivity contribution >= 4 is 52.4 Å². The van der Waals surface area contributed by atoms with E-state index in [1.165, 1.54) is 18.3 Å². The summed E-state index contributed by atoms with van der Waals surface area (Å²) in [7, 11) is 0. The van der Waals surface area contributed by atoms with Crippen LogP contribution in [0.5, 0.6) is 0 Å². The van der Waals surface area contributed by atoms with Gasteiger partial charge >= 0.3 is 11.9 Å². The summed E-state index contributed by atoms with van der Waals surface area (Å²) in [5.41, 5.74) is 13.5. The second-order valence-electron chi connectivity index (χ2n) is 7.50. The minimum Gasteiger partial charge on any atom is -0.481 e. The number of carboxylic acid groups (broad SMARTS) is 2.